The number of anilines is 1. The summed E-state index contributed by atoms with van der Waals surface area (Å²) in [6.45, 7) is 5.45. The summed E-state index contributed by atoms with van der Waals surface area (Å²) in [4.78, 5) is 17.2. The van der Waals surface area contributed by atoms with Crippen LogP contribution in [-0.4, -0.2) is 4.98 Å². The Morgan fingerprint density at radius 3 is 2.68 bits per heavy atom. The lowest BCUT2D eigenvalue weighted by atomic mass is 9.98. The Hall–Kier alpha value is -3.98. The molecule has 0 bridgehead atoms. The summed E-state index contributed by atoms with van der Waals surface area (Å²) in [5, 5.41) is 13.0. The summed E-state index contributed by atoms with van der Waals surface area (Å²) >= 11 is 0. The van der Waals surface area contributed by atoms with Crippen LogP contribution in [0, 0.1) is 31.0 Å². The molecule has 1 N–H and O–H groups in total. The highest BCUT2D eigenvalue weighted by atomic mass is 19.1. The van der Waals surface area contributed by atoms with Crippen molar-refractivity contribution in [2.45, 2.75) is 26.8 Å². The number of nitriles is 1. The molecule has 0 amide bonds. The second-order valence-corrected chi connectivity index (χ2v) is 7.47. The Balaban J connectivity index is 1.92. The first kappa shape index (κ1) is 20.3. The average molecular weight is 413 g/mol. The standard InChI is InChI=1S/C25H20FN3O2/c1-14-11-18(16(3)29-21-9-6-10-28-22(21)13-27)25-19(12-14)23(30)15(2)24(31-25)17-7-4-5-8-20(17)26/h4-12,16,29H,1-3H3. The van der Waals surface area contributed by atoms with Crippen molar-refractivity contribution in [2.24, 2.45) is 0 Å². The Kier molecular flexibility index (Phi) is 5.26. The van der Waals surface area contributed by atoms with Gasteiger partial charge in [0, 0.05) is 17.3 Å². The second kappa shape index (κ2) is 8.04. The van der Waals surface area contributed by atoms with Gasteiger partial charge in [-0.05, 0) is 56.7 Å². The first-order chi connectivity index (χ1) is 14.9. The predicted molar refractivity (Wildman–Crippen MR) is 118 cm³/mol. The van der Waals surface area contributed by atoms with Gasteiger partial charge in [0.1, 0.15) is 23.2 Å². The van der Waals surface area contributed by atoms with Crippen LogP contribution in [-0.2, 0) is 0 Å². The summed E-state index contributed by atoms with van der Waals surface area (Å²) in [6, 6.07) is 15.2. The number of aromatic nitrogens is 1. The molecule has 2 heterocycles. The van der Waals surface area contributed by atoms with Crippen molar-refractivity contribution in [2.75, 3.05) is 5.32 Å². The van der Waals surface area contributed by atoms with Crippen molar-refractivity contribution in [1.82, 2.24) is 4.98 Å². The third kappa shape index (κ3) is 3.66. The number of hydrogen-bond donors (Lipinski definition) is 1. The second-order valence-electron chi connectivity index (χ2n) is 7.47. The van der Waals surface area contributed by atoms with E-state index >= 15 is 0 Å². The van der Waals surface area contributed by atoms with Crippen molar-refractivity contribution in [1.29, 1.82) is 5.26 Å². The number of fused-ring (bicyclic) bond motifs is 1. The molecule has 31 heavy (non-hydrogen) atoms. The molecule has 0 saturated carbocycles. The van der Waals surface area contributed by atoms with Gasteiger partial charge in [0.25, 0.3) is 0 Å². The van der Waals surface area contributed by atoms with Gasteiger partial charge < -0.3 is 9.73 Å². The van der Waals surface area contributed by atoms with Gasteiger partial charge in [-0.1, -0.05) is 18.2 Å². The minimum Gasteiger partial charge on any atom is -0.455 e. The first-order valence-corrected chi connectivity index (χ1v) is 9.85. The number of pyridine rings is 1. The molecule has 1 atom stereocenters. The zero-order valence-corrected chi connectivity index (χ0v) is 17.4. The van der Waals surface area contributed by atoms with Crippen LogP contribution >= 0.6 is 0 Å². The van der Waals surface area contributed by atoms with Gasteiger partial charge in [-0.25, -0.2) is 9.37 Å². The van der Waals surface area contributed by atoms with Crippen molar-refractivity contribution in [3.05, 3.63) is 93.2 Å². The van der Waals surface area contributed by atoms with E-state index in [4.69, 9.17) is 4.42 Å². The van der Waals surface area contributed by atoms with Gasteiger partial charge in [0.2, 0.25) is 0 Å². The van der Waals surface area contributed by atoms with Gasteiger partial charge in [0.05, 0.1) is 22.7 Å². The van der Waals surface area contributed by atoms with E-state index in [1.54, 1.807) is 49.5 Å². The highest BCUT2D eigenvalue weighted by Crippen LogP contribution is 2.33. The fraction of sp³-hybridized carbons (Fsp3) is 0.160. The van der Waals surface area contributed by atoms with E-state index in [1.165, 1.54) is 6.07 Å². The average Bonchev–Trinajstić information content (AvgIpc) is 2.77. The minimum absolute atomic E-state index is 0.198. The van der Waals surface area contributed by atoms with Crippen LogP contribution in [0.15, 0.2) is 63.9 Å². The van der Waals surface area contributed by atoms with Crippen LogP contribution in [0.3, 0.4) is 0 Å². The molecule has 0 saturated heterocycles. The van der Waals surface area contributed by atoms with Crippen LogP contribution < -0.4 is 10.7 Å². The summed E-state index contributed by atoms with van der Waals surface area (Å²) in [6.07, 6.45) is 1.55. The van der Waals surface area contributed by atoms with Crippen molar-refractivity contribution in [3.8, 4) is 17.4 Å². The third-order valence-corrected chi connectivity index (χ3v) is 5.26. The molecule has 0 aliphatic carbocycles. The fourth-order valence-electron chi connectivity index (χ4n) is 3.71. The Morgan fingerprint density at radius 1 is 1.16 bits per heavy atom. The molecule has 6 heteroatoms. The molecule has 0 aliphatic heterocycles. The molecular formula is C25H20FN3O2. The molecule has 1 unspecified atom stereocenters. The SMILES string of the molecule is Cc1cc(C(C)Nc2cccnc2C#N)c2oc(-c3ccccc3F)c(C)c(=O)c2c1. The maximum absolute atomic E-state index is 14.5. The van der Waals surface area contributed by atoms with Gasteiger partial charge in [0.15, 0.2) is 11.1 Å². The largest absolute Gasteiger partial charge is 0.455 e. The lowest BCUT2D eigenvalue weighted by Gasteiger charge is -2.19. The van der Waals surface area contributed by atoms with Crippen LogP contribution in [0.25, 0.3) is 22.3 Å². The molecule has 4 rings (SSSR count). The normalized spacial score (nSPS) is 11.8. The Labute approximate surface area is 178 Å². The minimum atomic E-state index is -0.457. The van der Waals surface area contributed by atoms with Gasteiger partial charge in [-0.15, -0.1) is 0 Å². The fourth-order valence-corrected chi connectivity index (χ4v) is 3.71. The topological polar surface area (TPSA) is 78.9 Å². The number of rotatable bonds is 4. The highest BCUT2D eigenvalue weighted by molar-refractivity contribution is 5.84. The number of benzene rings is 2. The molecule has 0 fully saturated rings. The molecule has 4 aromatic rings. The number of halogens is 1. The molecule has 154 valence electrons. The van der Waals surface area contributed by atoms with E-state index < -0.39 is 5.82 Å². The van der Waals surface area contributed by atoms with E-state index in [1.807, 2.05) is 19.9 Å². The van der Waals surface area contributed by atoms with E-state index in [9.17, 15) is 14.4 Å². The van der Waals surface area contributed by atoms with Gasteiger partial charge in [-0.3, -0.25) is 4.79 Å². The van der Waals surface area contributed by atoms with Crippen molar-refractivity contribution >= 4 is 16.7 Å². The van der Waals surface area contributed by atoms with Gasteiger partial charge in [-0.2, -0.15) is 5.26 Å². The van der Waals surface area contributed by atoms with Crippen molar-refractivity contribution < 1.29 is 8.81 Å². The zero-order chi connectivity index (χ0) is 22.1. The van der Waals surface area contributed by atoms with E-state index in [0.29, 0.717) is 22.2 Å². The summed E-state index contributed by atoms with van der Waals surface area (Å²) < 4.78 is 20.7. The van der Waals surface area contributed by atoms with Crippen LogP contribution in [0.2, 0.25) is 0 Å². The summed E-state index contributed by atoms with van der Waals surface area (Å²) in [7, 11) is 0. The van der Waals surface area contributed by atoms with Crippen molar-refractivity contribution in [3.63, 3.8) is 0 Å². The smallest absolute Gasteiger partial charge is 0.196 e. The van der Waals surface area contributed by atoms with Gasteiger partial charge >= 0.3 is 0 Å². The van der Waals surface area contributed by atoms with E-state index in [-0.39, 0.29) is 28.5 Å². The maximum Gasteiger partial charge on any atom is 0.196 e. The quantitative estimate of drug-likeness (QED) is 0.467. The number of nitrogens with zero attached hydrogens (tertiary/aromatic N) is 2. The molecule has 2 aromatic carbocycles. The molecule has 0 radical (unpaired) electrons. The third-order valence-electron chi connectivity index (χ3n) is 5.26. The van der Waals surface area contributed by atoms with Crippen LogP contribution in [0.1, 0.15) is 35.3 Å². The molecule has 5 nitrogen and oxygen atoms in total. The Morgan fingerprint density at radius 2 is 1.94 bits per heavy atom. The summed E-state index contributed by atoms with van der Waals surface area (Å²) in [5.41, 5.74) is 3.27. The highest BCUT2D eigenvalue weighted by Gasteiger charge is 2.20. The maximum atomic E-state index is 14.5. The molecule has 0 spiro atoms. The Bertz CT molecular complexity index is 1400. The molecular weight excluding hydrogens is 393 g/mol. The number of aryl methyl sites for hydroxylation is 1. The number of hydrogen-bond acceptors (Lipinski definition) is 5. The number of nitrogens with one attached hydrogen (secondary N) is 1. The van der Waals surface area contributed by atoms with E-state index in [0.717, 1.165) is 11.1 Å². The van der Waals surface area contributed by atoms with Crippen LogP contribution in [0.5, 0.6) is 0 Å². The first-order valence-electron chi connectivity index (χ1n) is 9.85. The lowest BCUT2D eigenvalue weighted by molar-refractivity contribution is 0.586. The monoisotopic (exact) mass is 413 g/mol. The molecule has 2 aromatic heterocycles. The van der Waals surface area contributed by atoms with Crippen LogP contribution in [0.4, 0.5) is 10.1 Å². The summed E-state index contributed by atoms with van der Waals surface area (Å²) in [5.74, 6) is -0.242. The predicted octanol–water partition coefficient (Wildman–Crippen LogP) is 5.66. The molecule has 0 aliphatic rings. The van der Waals surface area contributed by atoms with E-state index in [2.05, 4.69) is 16.4 Å². The zero-order valence-electron chi connectivity index (χ0n) is 17.4. The lowest BCUT2D eigenvalue weighted by Crippen LogP contribution is -2.13.